The van der Waals surface area contributed by atoms with Crippen LogP contribution in [0.25, 0.3) is 10.9 Å². The fraction of sp³-hybridized carbons (Fsp3) is 0.381. The van der Waals surface area contributed by atoms with Crippen LogP contribution in [-0.2, 0) is 18.2 Å². The Kier molecular flexibility index (Phi) is 5.80. The number of cyclic esters (lactones) is 1. The first-order chi connectivity index (χ1) is 14.5. The Hall–Kier alpha value is -3.20. The second-order valence-corrected chi connectivity index (χ2v) is 7.35. The number of amides is 1. The molecule has 1 saturated heterocycles. The molecule has 4 rings (SSSR count). The number of benzene rings is 1. The quantitative estimate of drug-likeness (QED) is 0.672. The average molecular weight is 413 g/mol. The molecule has 0 radical (unpaired) electrons. The van der Waals surface area contributed by atoms with E-state index < -0.39 is 6.09 Å². The van der Waals surface area contributed by atoms with Crippen LogP contribution < -0.4 is 16.2 Å². The molecule has 1 fully saturated rings. The smallest absolute Gasteiger partial charge is 0.415 e. The number of pyridine rings is 1. The Balaban J connectivity index is 1.30. The van der Waals surface area contributed by atoms with Crippen molar-refractivity contribution >= 4 is 23.2 Å². The van der Waals surface area contributed by atoms with Crippen molar-refractivity contribution in [3.05, 3.63) is 58.0 Å². The zero-order chi connectivity index (χ0) is 21.1. The predicted octanol–water partition coefficient (Wildman–Crippen LogP) is 1.49. The number of carbonyl (C=O) groups excluding carboxylic acids is 1. The van der Waals surface area contributed by atoms with Crippen molar-refractivity contribution in [1.29, 1.82) is 0 Å². The zero-order valence-corrected chi connectivity index (χ0v) is 16.7. The summed E-state index contributed by atoms with van der Waals surface area (Å²) in [4.78, 5) is 29.6. The summed E-state index contributed by atoms with van der Waals surface area (Å²) in [6.45, 7) is 2.17. The highest BCUT2D eigenvalue weighted by atomic mass is 19.1. The molecule has 2 N–H and O–H groups in total. The number of hydrogen-bond acceptors (Lipinski definition) is 6. The molecule has 2 aliphatic heterocycles. The van der Waals surface area contributed by atoms with Gasteiger partial charge >= 0.3 is 6.09 Å². The molecule has 1 aromatic carbocycles. The van der Waals surface area contributed by atoms with Crippen molar-refractivity contribution in [2.45, 2.75) is 18.9 Å². The topological polar surface area (TPSA) is 88.0 Å². The number of halogens is 1. The van der Waals surface area contributed by atoms with Crippen molar-refractivity contribution in [3.63, 3.8) is 0 Å². The Bertz CT molecular complexity index is 1080. The molecule has 0 spiro atoms. The first-order valence-electron chi connectivity index (χ1n) is 9.96. The third-order valence-electron chi connectivity index (χ3n) is 5.32. The lowest BCUT2D eigenvalue weighted by Gasteiger charge is -2.19. The number of ether oxygens (including phenoxy) is 1. The normalized spacial score (nSPS) is 18.5. The molecule has 0 saturated carbocycles. The molecule has 9 heteroatoms. The van der Waals surface area contributed by atoms with Gasteiger partial charge in [0.1, 0.15) is 17.7 Å². The molecule has 0 aliphatic carbocycles. The number of aryl methyl sites for hydroxylation is 2. The van der Waals surface area contributed by atoms with E-state index in [1.807, 2.05) is 0 Å². The average Bonchev–Trinajstić information content (AvgIpc) is 3.13. The van der Waals surface area contributed by atoms with Gasteiger partial charge in [0.05, 0.1) is 24.8 Å². The first kappa shape index (κ1) is 20.1. The second-order valence-electron chi connectivity index (χ2n) is 7.35. The summed E-state index contributed by atoms with van der Waals surface area (Å²) >= 11 is 0. The van der Waals surface area contributed by atoms with Gasteiger partial charge in [-0.05, 0) is 43.0 Å². The van der Waals surface area contributed by atoms with Gasteiger partial charge in [0.25, 0.3) is 5.56 Å². The molecule has 1 atom stereocenters. The van der Waals surface area contributed by atoms with Crippen molar-refractivity contribution in [1.82, 2.24) is 20.1 Å². The van der Waals surface area contributed by atoms with Crippen molar-refractivity contribution in [3.8, 4) is 0 Å². The van der Waals surface area contributed by atoms with Crippen LogP contribution in [0.15, 0.2) is 46.1 Å². The number of rotatable bonds is 7. The fourth-order valence-corrected chi connectivity index (χ4v) is 3.80. The van der Waals surface area contributed by atoms with Crippen LogP contribution in [0.3, 0.4) is 0 Å². The third-order valence-corrected chi connectivity index (χ3v) is 5.32. The Morgan fingerprint density at radius 2 is 2.13 bits per heavy atom. The van der Waals surface area contributed by atoms with Crippen molar-refractivity contribution in [2.24, 2.45) is 12.0 Å². The summed E-state index contributed by atoms with van der Waals surface area (Å²) in [6.07, 6.45) is 3.86. The molecule has 158 valence electrons. The van der Waals surface area contributed by atoms with E-state index in [4.69, 9.17) is 4.74 Å². The van der Waals surface area contributed by atoms with E-state index in [1.54, 1.807) is 31.6 Å². The molecule has 0 unspecified atom stereocenters. The van der Waals surface area contributed by atoms with Crippen LogP contribution in [0, 0.1) is 5.82 Å². The molecule has 30 heavy (non-hydrogen) atoms. The van der Waals surface area contributed by atoms with Crippen LogP contribution in [0.5, 0.6) is 0 Å². The van der Waals surface area contributed by atoms with E-state index in [2.05, 4.69) is 15.6 Å². The summed E-state index contributed by atoms with van der Waals surface area (Å²) in [7, 11) is 1.66. The van der Waals surface area contributed by atoms with E-state index in [0.717, 1.165) is 5.39 Å². The molecule has 2 aliphatic rings. The highest BCUT2D eigenvalue weighted by Crippen LogP contribution is 2.21. The lowest BCUT2D eigenvalue weighted by molar-refractivity contribution is 0.133. The number of hydrogen-bond donors (Lipinski definition) is 2. The van der Waals surface area contributed by atoms with E-state index in [1.165, 1.54) is 21.6 Å². The van der Waals surface area contributed by atoms with Gasteiger partial charge in [-0.15, -0.1) is 0 Å². The van der Waals surface area contributed by atoms with Crippen LogP contribution in [0.1, 0.15) is 12.0 Å². The minimum atomic E-state index is -0.392. The second kappa shape index (κ2) is 8.66. The van der Waals surface area contributed by atoms with Crippen molar-refractivity contribution in [2.75, 3.05) is 26.2 Å². The van der Waals surface area contributed by atoms with E-state index >= 15 is 0 Å². The maximum Gasteiger partial charge on any atom is 0.415 e. The highest BCUT2D eigenvalue weighted by molar-refractivity contribution is 5.82. The number of aromatic nitrogens is 1. The van der Waals surface area contributed by atoms with Gasteiger partial charge in [0, 0.05) is 31.4 Å². The van der Waals surface area contributed by atoms with Gasteiger partial charge in [0.15, 0.2) is 0 Å². The van der Waals surface area contributed by atoms with Gasteiger partial charge in [-0.2, -0.15) is 0 Å². The largest absolute Gasteiger partial charge is 0.443 e. The van der Waals surface area contributed by atoms with Gasteiger partial charge in [-0.1, -0.05) is 0 Å². The zero-order valence-electron chi connectivity index (χ0n) is 16.7. The summed E-state index contributed by atoms with van der Waals surface area (Å²) in [5, 5.41) is 7.20. The van der Waals surface area contributed by atoms with Gasteiger partial charge in [0.2, 0.25) is 0 Å². The number of fused-ring (bicyclic) bond motifs is 1. The number of aliphatic imine (C=N–C) groups is 1. The molecular formula is C21H24FN5O3. The molecule has 1 amide bonds. The Morgan fingerprint density at radius 1 is 1.30 bits per heavy atom. The lowest BCUT2D eigenvalue weighted by atomic mass is 10.0. The maximum absolute atomic E-state index is 14.4. The number of nitrogens with zero attached hydrogens (tertiary/aromatic N) is 3. The molecule has 8 nitrogen and oxygen atoms in total. The Labute approximate surface area is 173 Å². The SMILES string of the molecule is Cn1c(=O)ccc2ccc(F)c(CCCNC[C@@H]3CN(C4=CN=CCN4)C(=O)O3)c21. The third kappa shape index (κ3) is 4.06. The van der Waals surface area contributed by atoms with Gasteiger partial charge in [-0.25, -0.2) is 9.18 Å². The molecular weight excluding hydrogens is 389 g/mol. The summed E-state index contributed by atoms with van der Waals surface area (Å²) < 4.78 is 21.3. The first-order valence-corrected chi connectivity index (χ1v) is 9.96. The number of carbonyl (C=O) groups is 1. The monoisotopic (exact) mass is 413 g/mol. The van der Waals surface area contributed by atoms with Gasteiger partial charge in [-0.3, -0.25) is 14.7 Å². The minimum absolute atomic E-state index is 0.159. The van der Waals surface area contributed by atoms with Crippen LogP contribution in [-0.4, -0.2) is 54.1 Å². The van der Waals surface area contributed by atoms with Crippen LogP contribution in [0.2, 0.25) is 0 Å². The van der Waals surface area contributed by atoms with E-state index in [-0.39, 0.29) is 17.5 Å². The highest BCUT2D eigenvalue weighted by Gasteiger charge is 2.33. The number of nitrogens with one attached hydrogen (secondary N) is 2. The van der Waals surface area contributed by atoms with Crippen LogP contribution >= 0.6 is 0 Å². The molecule has 2 aromatic rings. The van der Waals surface area contributed by atoms with Crippen molar-refractivity contribution < 1.29 is 13.9 Å². The fourth-order valence-electron chi connectivity index (χ4n) is 3.80. The standard InChI is InChI=1S/C21H24FN5O3/c1-26-19(28)7-5-14-4-6-17(22)16(20(14)26)3-2-8-23-11-15-13-27(21(29)30-15)18-12-24-9-10-25-18/h4-7,9,12,15,23,25H,2-3,8,10-11,13H2,1H3/t15-/m1/s1. The van der Waals surface area contributed by atoms with Crippen LogP contribution in [0.4, 0.5) is 9.18 Å². The van der Waals surface area contributed by atoms with Gasteiger partial charge < -0.3 is 19.9 Å². The molecule has 3 heterocycles. The maximum atomic E-state index is 14.4. The summed E-state index contributed by atoms with van der Waals surface area (Å²) in [6, 6.07) is 6.35. The Morgan fingerprint density at radius 3 is 2.93 bits per heavy atom. The van der Waals surface area contributed by atoms with E-state index in [0.29, 0.717) is 55.9 Å². The lowest BCUT2D eigenvalue weighted by Crippen LogP contribution is -2.36. The molecule has 0 bridgehead atoms. The van der Waals surface area contributed by atoms with E-state index in [9.17, 15) is 14.0 Å². The summed E-state index contributed by atoms with van der Waals surface area (Å²) in [5.74, 6) is 0.335. The molecule has 1 aromatic heterocycles. The predicted molar refractivity (Wildman–Crippen MR) is 112 cm³/mol. The summed E-state index contributed by atoms with van der Waals surface area (Å²) in [5.41, 5.74) is 1.02. The minimum Gasteiger partial charge on any atom is -0.443 e.